The first kappa shape index (κ1) is 14.5. The average molecular weight is 333 g/mol. The quantitative estimate of drug-likeness (QED) is 0.539. The molecule has 3 heterocycles. The third-order valence-corrected chi connectivity index (χ3v) is 5.12. The molecule has 0 bridgehead atoms. The molecule has 0 aromatic carbocycles. The summed E-state index contributed by atoms with van der Waals surface area (Å²) in [7, 11) is 1.61. The van der Waals surface area contributed by atoms with Crippen LogP contribution in [0.15, 0.2) is 23.7 Å². The van der Waals surface area contributed by atoms with Crippen molar-refractivity contribution >= 4 is 40.1 Å². The van der Waals surface area contributed by atoms with E-state index in [2.05, 4.69) is 15.2 Å². The Morgan fingerprint density at radius 2 is 2.27 bits per heavy atom. The predicted molar refractivity (Wildman–Crippen MR) is 86.6 cm³/mol. The van der Waals surface area contributed by atoms with Gasteiger partial charge in [0.15, 0.2) is 5.01 Å². The molecule has 0 aliphatic carbocycles. The van der Waals surface area contributed by atoms with Gasteiger partial charge >= 0.3 is 5.82 Å². The highest BCUT2D eigenvalue weighted by molar-refractivity contribution is 7.21. The zero-order chi connectivity index (χ0) is 15.7. The van der Waals surface area contributed by atoms with Crippen LogP contribution < -0.4 is 0 Å². The highest BCUT2D eigenvalue weighted by atomic mass is 32.1. The van der Waals surface area contributed by atoms with Crippen LogP contribution in [0.5, 0.6) is 0 Å². The second-order valence-electron chi connectivity index (χ2n) is 4.51. The van der Waals surface area contributed by atoms with E-state index in [-0.39, 0.29) is 5.82 Å². The van der Waals surface area contributed by atoms with E-state index in [0.717, 1.165) is 20.5 Å². The van der Waals surface area contributed by atoms with E-state index in [1.807, 2.05) is 24.4 Å². The number of allylic oxidation sites excluding steroid dienone is 1. The number of hydrogen-bond donors (Lipinski definition) is 0. The highest BCUT2D eigenvalue weighted by Gasteiger charge is 2.16. The van der Waals surface area contributed by atoms with E-state index in [4.69, 9.17) is 0 Å². The van der Waals surface area contributed by atoms with Gasteiger partial charge in [0.25, 0.3) is 0 Å². The lowest BCUT2D eigenvalue weighted by Crippen LogP contribution is -1.98. The molecule has 0 atom stereocenters. The van der Waals surface area contributed by atoms with Crippen molar-refractivity contribution in [2.24, 2.45) is 7.05 Å². The van der Waals surface area contributed by atoms with E-state index in [1.165, 1.54) is 22.1 Å². The number of nitro groups is 1. The molecule has 0 spiro atoms. The van der Waals surface area contributed by atoms with E-state index in [1.54, 1.807) is 24.5 Å². The highest BCUT2D eigenvalue weighted by Crippen LogP contribution is 2.30. The molecule has 0 saturated carbocycles. The Kier molecular flexibility index (Phi) is 3.82. The maximum atomic E-state index is 10.8. The Labute approximate surface area is 133 Å². The maximum absolute atomic E-state index is 10.8. The minimum atomic E-state index is -0.459. The monoisotopic (exact) mass is 333 g/mol. The summed E-state index contributed by atoms with van der Waals surface area (Å²) in [4.78, 5) is 15.5. The van der Waals surface area contributed by atoms with Crippen LogP contribution in [0.2, 0.25) is 0 Å². The summed E-state index contributed by atoms with van der Waals surface area (Å²) in [5.41, 5.74) is 0.865. The Hall–Kier alpha value is -2.39. The molecule has 0 saturated heterocycles. The van der Waals surface area contributed by atoms with E-state index >= 15 is 0 Å². The molecule has 22 heavy (non-hydrogen) atoms. The predicted octanol–water partition coefficient (Wildman–Crippen LogP) is 3.47. The van der Waals surface area contributed by atoms with Crippen LogP contribution in [0.25, 0.3) is 21.5 Å². The van der Waals surface area contributed by atoms with Gasteiger partial charge in [-0.25, -0.2) is 9.55 Å². The fraction of sp³-hybridized carbons (Fsp3) is 0.154. The third kappa shape index (κ3) is 2.68. The van der Waals surface area contributed by atoms with Gasteiger partial charge in [-0.1, -0.05) is 17.4 Å². The Morgan fingerprint density at radius 3 is 2.91 bits per heavy atom. The van der Waals surface area contributed by atoms with Gasteiger partial charge in [0, 0.05) is 6.08 Å². The molecular weight excluding hydrogens is 322 g/mol. The molecule has 0 fully saturated rings. The van der Waals surface area contributed by atoms with Crippen molar-refractivity contribution < 1.29 is 4.92 Å². The number of hydrogen-bond acceptors (Lipinski definition) is 7. The molecular formula is C13H11N5O2S2. The van der Waals surface area contributed by atoms with Gasteiger partial charge in [-0.05, 0) is 28.9 Å². The van der Waals surface area contributed by atoms with Crippen molar-refractivity contribution in [3.8, 4) is 9.88 Å². The van der Waals surface area contributed by atoms with Crippen LogP contribution in [-0.2, 0) is 7.05 Å². The summed E-state index contributed by atoms with van der Waals surface area (Å²) in [5, 5.41) is 22.8. The Balaban J connectivity index is 1.91. The minimum Gasteiger partial charge on any atom is -0.358 e. The lowest BCUT2D eigenvalue weighted by molar-refractivity contribution is -0.391. The molecule has 0 radical (unpaired) electrons. The SMILES string of the molecule is C/C(=C\c1ncc([N+](=O)[O-])n1C)c1nnc(-c2cccs2)s1. The van der Waals surface area contributed by atoms with Crippen molar-refractivity contribution in [2.75, 3.05) is 0 Å². The van der Waals surface area contributed by atoms with E-state index in [9.17, 15) is 10.1 Å². The zero-order valence-corrected chi connectivity index (χ0v) is 13.4. The molecule has 9 heteroatoms. The summed E-state index contributed by atoms with van der Waals surface area (Å²) in [6.07, 6.45) is 3.02. The van der Waals surface area contributed by atoms with Crippen molar-refractivity contribution in [1.82, 2.24) is 19.7 Å². The van der Waals surface area contributed by atoms with Crippen molar-refractivity contribution in [3.05, 3.63) is 44.7 Å². The van der Waals surface area contributed by atoms with E-state index in [0.29, 0.717) is 5.82 Å². The van der Waals surface area contributed by atoms with Crippen LogP contribution in [0.4, 0.5) is 5.82 Å². The topological polar surface area (TPSA) is 86.7 Å². The molecule has 0 aliphatic heterocycles. The average Bonchev–Trinajstić information content (AvgIpc) is 3.18. The van der Waals surface area contributed by atoms with Crippen molar-refractivity contribution in [2.45, 2.75) is 6.92 Å². The fourth-order valence-electron chi connectivity index (χ4n) is 1.86. The first-order valence-corrected chi connectivity index (χ1v) is 7.98. The van der Waals surface area contributed by atoms with Gasteiger partial charge in [-0.15, -0.1) is 21.5 Å². The van der Waals surface area contributed by atoms with Crippen LogP contribution in [0.1, 0.15) is 17.8 Å². The summed E-state index contributed by atoms with van der Waals surface area (Å²) >= 11 is 3.10. The summed E-state index contributed by atoms with van der Waals surface area (Å²) in [5.74, 6) is 0.465. The molecule has 3 aromatic rings. The van der Waals surface area contributed by atoms with Gasteiger partial charge in [-0.2, -0.15) is 0 Å². The molecule has 0 unspecified atom stereocenters. The number of rotatable bonds is 4. The molecule has 3 rings (SSSR count). The van der Waals surface area contributed by atoms with Crippen LogP contribution in [-0.4, -0.2) is 24.7 Å². The molecule has 0 aliphatic rings. The lowest BCUT2D eigenvalue weighted by Gasteiger charge is -1.96. The van der Waals surface area contributed by atoms with Crippen LogP contribution in [0, 0.1) is 10.1 Å². The number of thiophene rings is 1. The fourth-order valence-corrected chi connectivity index (χ4v) is 3.46. The van der Waals surface area contributed by atoms with Gasteiger partial charge in [-0.3, -0.25) is 0 Å². The molecule has 7 nitrogen and oxygen atoms in total. The molecule has 3 aromatic heterocycles. The van der Waals surface area contributed by atoms with Gasteiger partial charge in [0.2, 0.25) is 5.82 Å². The summed E-state index contributed by atoms with van der Waals surface area (Å²) < 4.78 is 1.44. The van der Waals surface area contributed by atoms with Crippen LogP contribution in [0.3, 0.4) is 0 Å². The minimum absolute atomic E-state index is 0.0458. The number of imidazole rings is 1. The number of nitrogens with zero attached hydrogens (tertiary/aromatic N) is 5. The third-order valence-electron chi connectivity index (χ3n) is 3.03. The van der Waals surface area contributed by atoms with Crippen molar-refractivity contribution in [3.63, 3.8) is 0 Å². The van der Waals surface area contributed by atoms with E-state index < -0.39 is 4.92 Å². The van der Waals surface area contributed by atoms with Gasteiger partial charge < -0.3 is 10.1 Å². The first-order chi connectivity index (χ1) is 10.6. The normalized spacial score (nSPS) is 11.8. The summed E-state index contributed by atoms with van der Waals surface area (Å²) in [6, 6.07) is 3.97. The van der Waals surface area contributed by atoms with Crippen molar-refractivity contribution in [1.29, 1.82) is 0 Å². The van der Waals surface area contributed by atoms with Gasteiger partial charge in [0.1, 0.15) is 11.2 Å². The first-order valence-electron chi connectivity index (χ1n) is 6.28. The Morgan fingerprint density at radius 1 is 1.45 bits per heavy atom. The second kappa shape index (κ2) is 5.78. The number of aromatic nitrogens is 4. The smallest absolute Gasteiger partial charge is 0.342 e. The lowest BCUT2D eigenvalue weighted by atomic mass is 10.3. The van der Waals surface area contributed by atoms with Crippen LogP contribution >= 0.6 is 22.7 Å². The zero-order valence-electron chi connectivity index (χ0n) is 11.8. The van der Waals surface area contributed by atoms with Gasteiger partial charge in [0.05, 0.1) is 11.9 Å². The molecule has 112 valence electrons. The molecule has 0 N–H and O–H groups in total. The largest absolute Gasteiger partial charge is 0.358 e. The maximum Gasteiger partial charge on any atom is 0.342 e. The second-order valence-corrected chi connectivity index (χ2v) is 6.43. The Bertz CT molecular complexity index is 848. The standard InChI is InChI=1S/C13H11N5O2S2/c1-8(6-10-14-7-11(17(10)2)18(19)20)12-15-16-13(22-12)9-4-3-5-21-9/h3-7H,1-2H3/b8-6+. The summed E-state index contributed by atoms with van der Waals surface area (Å²) in [6.45, 7) is 1.89. The molecule has 0 amide bonds.